The average molecular weight is 609 g/mol. The molecular weight excluding hydrogens is 580 g/mol. The molecule has 2 aliphatic heterocycles. The Balaban J connectivity index is 1.69. The van der Waals surface area contributed by atoms with E-state index in [-0.39, 0.29) is 23.7 Å². The van der Waals surface area contributed by atoms with Crippen LogP contribution >= 0.6 is 22.6 Å². The van der Waals surface area contributed by atoms with E-state index in [1.165, 1.54) is 7.11 Å². The molecule has 2 aromatic rings. The van der Waals surface area contributed by atoms with Gasteiger partial charge in [-0.05, 0) is 94.0 Å². The van der Waals surface area contributed by atoms with Crippen molar-refractivity contribution >= 4 is 51.2 Å². The summed E-state index contributed by atoms with van der Waals surface area (Å²) < 4.78 is 37.6. The first-order valence-electron chi connectivity index (χ1n) is 11.6. The fourth-order valence-electron chi connectivity index (χ4n) is 4.86. The molecule has 4 rings (SSSR count). The normalized spacial score (nSPS) is 22.0. The van der Waals surface area contributed by atoms with E-state index in [1.807, 2.05) is 44.2 Å². The van der Waals surface area contributed by atoms with Crippen molar-refractivity contribution in [1.82, 2.24) is 4.98 Å². The number of pyridine rings is 1. The molecule has 0 bridgehead atoms. The van der Waals surface area contributed by atoms with Gasteiger partial charge in [0, 0.05) is 12.5 Å². The maximum Gasteiger partial charge on any atom is 0.456 e. The highest BCUT2D eigenvalue weighted by Gasteiger charge is 2.48. The summed E-state index contributed by atoms with van der Waals surface area (Å²) in [5.74, 6) is 0.596. The van der Waals surface area contributed by atoms with Crippen LogP contribution in [0.5, 0.6) is 11.5 Å². The molecule has 1 fully saturated rings. The van der Waals surface area contributed by atoms with Gasteiger partial charge in [0.25, 0.3) is 0 Å². The van der Waals surface area contributed by atoms with Crippen LogP contribution in [-0.4, -0.2) is 54.9 Å². The minimum absolute atomic E-state index is 0.0337. The van der Waals surface area contributed by atoms with E-state index in [9.17, 15) is 18.5 Å². The molecule has 7 nitrogen and oxygen atoms in total. The molecule has 1 saturated heterocycles. The number of ether oxygens (including phenoxy) is 1. The first-order valence-corrected chi connectivity index (χ1v) is 14.4. The molecule has 0 unspecified atom stereocenters. The topological polar surface area (TPSA) is 106 Å². The number of rotatable bonds is 7. The Morgan fingerprint density at radius 3 is 2.80 bits per heavy atom. The van der Waals surface area contributed by atoms with E-state index in [2.05, 4.69) is 27.6 Å². The van der Waals surface area contributed by atoms with Gasteiger partial charge in [-0.15, -0.1) is 0 Å². The van der Waals surface area contributed by atoms with Crippen molar-refractivity contribution in [3.05, 3.63) is 62.5 Å². The van der Waals surface area contributed by atoms with Crippen LogP contribution in [0.3, 0.4) is 0 Å². The fraction of sp³-hybridized carbons (Fsp3) is 0.400. The Morgan fingerprint density at radius 2 is 2.14 bits per heavy atom. The lowest BCUT2D eigenvalue weighted by Gasteiger charge is -2.32. The number of allylic oxidation sites excluding steroid dienone is 1. The third kappa shape index (κ3) is 5.60. The lowest BCUT2D eigenvalue weighted by Crippen LogP contribution is -2.42. The van der Waals surface area contributed by atoms with Crippen molar-refractivity contribution in [2.24, 2.45) is 5.92 Å². The maximum absolute atomic E-state index is 12.9. The highest BCUT2D eigenvalue weighted by molar-refractivity contribution is 14.1. The largest absolute Gasteiger partial charge is 0.504 e. The van der Waals surface area contributed by atoms with Gasteiger partial charge >= 0.3 is 7.12 Å². The SMILES string of the molecule is COc1cc(/C=C(/CC[C@H]2OB(O)C[C@H]3C2=C(C(C)C)CS3(=O)=O)c2ccccn2)cc(I)c1O. The highest BCUT2D eigenvalue weighted by atomic mass is 127. The Bertz CT molecular complexity index is 1260. The molecular formula is C25H29BINO6S. The second-order valence-corrected chi connectivity index (χ2v) is 12.6. The molecule has 0 radical (unpaired) electrons. The van der Waals surface area contributed by atoms with Gasteiger partial charge in [0.15, 0.2) is 21.3 Å². The number of halogens is 1. The number of fused-ring (bicyclic) bond motifs is 1. The molecule has 0 aliphatic carbocycles. The summed E-state index contributed by atoms with van der Waals surface area (Å²) in [7, 11) is -2.94. The highest BCUT2D eigenvalue weighted by Crippen LogP contribution is 2.42. The second-order valence-electron chi connectivity index (χ2n) is 9.22. The molecule has 2 atom stereocenters. The minimum atomic E-state index is -3.34. The van der Waals surface area contributed by atoms with Crippen LogP contribution in [0.25, 0.3) is 11.6 Å². The van der Waals surface area contributed by atoms with Crippen molar-refractivity contribution in [2.75, 3.05) is 12.9 Å². The zero-order chi connectivity index (χ0) is 25.3. The molecule has 0 amide bonds. The fourth-order valence-corrected chi connectivity index (χ4v) is 7.77. The van der Waals surface area contributed by atoms with Gasteiger partial charge in [0.05, 0.1) is 33.5 Å². The van der Waals surface area contributed by atoms with Crippen LogP contribution in [0.4, 0.5) is 0 Å². The monoisotopic (exact) mass is 609 g/mol. The summed E-state index contributed by atoms with van der Waals surface area (Å²) in [6.45, 7) is 4.00. The van der Waals surface area contributed by atoms with Gasteiger partial charge in [-0.1, -0.05) is 19.9 Å². The second kappa shape index (κ2) is 10.6. The minimum Gasteiger partial charge on any atom is -0.504 e. The number of phenolic OH excluding ortho intramolecular Hbond substituents is 1. The summed E-state index contributed by atoms with van der Waals surface area (Å²) in [6, 6.07) is 9.31. The first-order chi connectivity index (χ1) is 16.6. The Labute approximate surface area is 220 Å². The molecule has 10 heteroatoms. The molecule has 3 heterocycles. The Morgan fingerprint density at radius 1 is 1.37 bits per heavy atom. The number of aromatic nitrogens is 1. The number of methoxy groups -OCH3 is 1. The summed E-state index contributed by atoms with van der Waals surface area (Å²) in [4.78, 5) is 4.52. The van der Waals surface area contributed by atoms with Crippen LogP contribution in [-0.2, 0) is 14.5 Å². The van der Waals surface area contributed by atoms with Gasteiger partial charge in [-0.2, -0.15) is 0 Å². The molecule has 0 spiro atoms. The van der Waals surface area contributed by atoms with E-state index >= 15 is 0 Å². The van der Waals surface area contributed by atoms with E-state index in [4.69, 9.17) is 9.39 Å². The molecule has 1 aromatic carbocycles. The first kappa shape index (κ1) is 26.2. The summed E-state index contributed by atoms with van der Waals surface area (Å²) >= 11 is 2.06. The van der Waals surface area contributed by atoms with Crippen LogP contribution in [0, 0.1) is 9.49 Å². The lowest BCUT2D eigenvalue weighted by molar-refractivity contribution is 0.170. The van der Waals surface area contributed by atoms with E-state index in [0.717, 1.165) is 28.0 Å². The third-order valence-electron chi connectivity index (χ3n) is 6.57. The lowest BCUT2D eigenvalue weighted by atomic mass is 9.74. The van der Waals surface area contributed by atoms with Crippen molar-refractivity contribution in [3.8, 4) is 11.5 Å². The van der Waals surface area contributed by atoms with Crippen molar-refractivity contribution in [1.29, 1.82) is 0 Å². The molecule has 186 valence electrons. The number of hydrogen-bond donors (Lipinski definition) is 2. The molecule has 2 aliphatic rings. The van der Waals surface area contributed by atoms with Gasteiger partial charge in [-0.25, -0.2) is 8.42 Å². The van der Waals surface area contributed by atoms with Gasteiger partial charge in [-0.3, -0.25) is 4.98 Å². The summed E-state index contributed by atoms with van der Waals surface area (Å²) in [5, 5.41) is 19.9. The van der Waals surface area contributed by atoms with Gasteiger partial charge < -0.3 is 19.5 Å². The third-order valence-corrected chi connectivity index (χ3v) is 9.42. The van der Waals surface area contributed by atoms with Crippen LogP contribution in [0.1, 0.15) is 37.9 Å². The zero-order valence-electron chi connectivity index (χ0n) is 19.9. The molecule has 35 heavy (non-hydrogen) atoms. The van der Waals surface area contributed by atoms with Crippen LogP contribution in [0.15, 0.2) is 47.7 Å². The van der Waals surface area contributed by atoms with E-state index < -0.39 is 28.3 Å². The standard InChI is InChI=1S/C25H29BINO6S/c1-15(2)18-14-35(31,32)23-13-26(30)34-21(24(18)23)8-7-17(20-6-4-5-9-28-20)10-16-11-19(27)25(29)22(12-16)33-3/h4-6,9-12,15,21,23,29-30H,7-8,13-14H2,1-3H3/b17-10-/t21-,23+/m1/s1. The maximum atomic E-state index is 12.9. The van der Waals surface area contributed by atoms with Crippen LogP contribution in [0.2, 0.25) is 6.32 Å². The number of hydrogen-bond acceptors (Lipinski definition) is 7. The molecule has 2 N–H and O–H groups in total. The average Bonchev–Trinajstić information content (AvgIpc) is 3.10. The number of benzene rings is 1. The van der Waals surface area contributed by atoms with Gasteiger partial charge in [0.1, 0.15) is 0 Å². The predicted octanol–water partition coefficient (Wildman–Crippen LogP) is 4.35. The smallest absolute Gasteiger partial charge is 0.456 e. The van der Waals surface area contributed by atoms with Crippen molar-refractivity contribution < 1.29 is 27.9 Å². The summed E-state index contributed by atoms with van der Waals surface area (Å²) in [5.41, 5.74) is 4.30. The Kier molecular flexibility index (Phi) is 7.94. The number of nitrogens with zero attached hydrogens (tertiary/aromatic N) is 1. The molecule has 1 aromatic heterocycles. The van der Waals surface area contributed by atoms with Crippen LogP contribution < -0.4 is 4.74 Å². The van der Waals surface area contributed by atoms with E-state index in [1.54, 1.807) is 12.3 Å². The predicted molar refractivity (Wildman–Crippen MR) is 146 cm³/mol. The zero-order valence-corrected chi connectivity index (χ0v) is 22.9. The van der Waals surface area contributed by atoms with Gasteiger partial charge in [0.2, 0.25) is 0 Å². The quantitative estimate of drug-likeness (QED) is 0.273. The summed E-state index contributed by atoms with van der Waals surface area (Å²) in [6.07, 6.45) is 4.37. The van der Waals surface area contributed by atoms with Crippen molar-refractivity contribution in [2.45, 2.75) is 44.4 Å². The van der Waals surface area contributed by atoms with Crippen molar-refractivity contribution in [3.63, 3.8) is 0 Å². The molecule has 0 saturated carbocycles. The Hall–Kier alpha value is -1.89. The number of sulfone groups is 1. The van der Waals surface area contributed by atoms with E-state index in [0.29, 0.717) is 22.2 Å². The number of phenols is 1. The number of aromatic hydroxyl groups is 1.